The van der Waals surface area contributed by atoms with Gasteiger partial charge in [-0.3, -0.25) is 0 Å². The highest BCUT2D eigenvalue weighted by atomic mass is 79.9. The molecule has 0 fully saturated rings. The Morgan fingerprint density at radius 3 is 2.93 bits per heavy atom. The average molecular weight is 290 g/mol. The molecule has 2 N–H and O–H groups in total. The Morgan fingerprint density at radius 2 is 2.27 bits per heavy atom. The van der Waals surface area contributed by atoms with E-state index in [0.29, 0.717) is 6.54 Å². The molecule has 0 spiro atoms. The second-order valence-electron chi connectivity index (χ2n) is 3.15. The van der Waals surface area contributed by atoms with Crippen molar-refractivity contribution in [1.82, 2.24) is 0 Å². The molecule has 4 heteroatoms. The van der Waals surface area contributed by atoms with Crippen molar-refractivity contribution in [3.8, 4) is 0 Å². The predicted octanol–water partition coefficient (Wildman–Crippen LogP) is 3.04. The smallest absolute Gasteiger partial charge is 0.0470 e. The van der Waals surface area contributed by atoms with E-state index in [4.69, 9.17) is 10.5 Å². The van der Waals surface area contributed by atoms with Crippen molar-refractivity contribution in [2.75, 3.05) is 19.5 Å². The highest BCUT2D eigenvalue weighted by Crippen LogP contribution is 2.26. The summed E-state index contributed by atoms with van der Waals surface area (Å²) in [4.78, 5) is 1.27. The van der Waals surface area contributed by atoms with E-state index < -0.39 is 0 Å². The van der Waals surface area contributed by atoms with Gasteiger partial charge >= 0.3 is 0 Å². The van der Waals surface area contributed by atoms with Crippen LogP contribution in [-0.4, -0.2) is 19.5 Å². The largest absolute Gasteiger partial charge is 0.385 e. The maximum absolute atomic E-state index is 5.68. The standard InChI is InChI=1S/C11H16BrNOS/c1-14-5-2-6-15-11-7-10(12)4-3-9(11)8-13/h3-4,7H,2,5-6,8,13H2,1H3. The Morgan fingerprint density at radius 1 is 1.47 bits per heavy atom. The van der Waals surface area contributed by atoms with Gasteiger partial charge in [0.2, 0.25) is 0 Å². The van der Waals surface area contributed by atoms with Gasteiger partial charge in [-0.1, -0.05) is 22.0 Å². The molecule has 15 heavy (non-hydrogen) atoms. The summed E-state index contributed by atoms with van der Waals surface area (Å²) in [6, 6.07) is 6.23. The lowest BCUT2D eigenvalue weighted by molar-refractivity contribution is 0.200. The van der Waals surface area contributed by atoms with Gasteiger partial charge in [0, 0.05) is 35.4 Å². The third-order valence-corrected chi connectivity index (χ3v) is 3.68. The Balaban J connectivity index is 2.54. The minimum absolute atomic E-state index is 0.597. The molecule has 0 atom stereocenters. The van der Waals surface area contributed by atoms with Crippen LogP contribution in [0.2, 0.25) is 0 Å². The lowest BCUT2D eigenvalue weighted by atomic mass is 10.2. The average Bonchev–Trinajstić information content (AvgIpc) is 2.25. The lowest BCUT2D eigenvalue weighted by Crippen LogP contribution is -1.99. The number of hydrogen-bond acceptors (Lipinski definition) is 3. The molecular weight excluding hydrogens is 274 g/mol. The fourth-order valence-corrected chi connectivity index (χ4v) is 2.76. The molecule has 2 nitrogen and oxygen atoms in total. The summed E-state index contributed by atoms with van der Waals surface area (Å²) in [5.41, 5.74) is 6.89. The van der Waals surface area contributed by atoms with Crippen LogP contribution in [0.4, 0.5) is 0 Å². The molecule has 0 amide bonds. The molecule has 1 aromatic carbocycles. The lowest BCUT2D eigenvalue weighted by Gasteiger charge is -2.07. The minimum atomic E-state index is 0.597. The first-order chi connectivity index (χ1) is 7.27. The molecule has 0 aliphatic carbocycles. The summed E-state index contributed by atoms with van der Waals surface area (Å²) in [5.74, 6) is 1.07. The van der Waals surface area contributed by atoms with Crippen LogP contribution in [0.25, 0.3) is 0 Å². The molecule has 0 unspecified atom stereocenters. The number of thioether (sulfide) groups is 1. The van der Waals surface area contributed by atoms with Crippen molar-refractivity contribution in [3.63, 3.8) is 0 Å². The number of benzene rings is 1. The molecule has 0 saturated carbocycles. The molecule has 1 aromatic rings. The van der Waals surface area contributed by atoms with Gasteiger partial charge in [0.25, 0.3) is 0 Å². The van der Waals surface area contributed by atoms with E-state index in [1.807, 2.05) is 17.8 Å². The maximum atomic E-state index is 5.68. The van der Waals surface area contributed by atoms with Crippen molar-refractivity contribution in [2.45, 2.75) is 17.9 Å². The molecule has 0 aliphatic heterocycles. The zero-order chi connectivity index (χ0) is 11.1. The Labute approximate surface area is 104 Å². The number of halogens is 1. The normalized spacial score (nSPS) is 10.6. The molecule has 0 aliphatic rings. The van der Waals surface area contributed by atoms with Crippen LogP contribution >= 0.6 is 27.7 Å². The Bertz CT molecular complexity index is 307. The van der Waals surface area contributed by atoms with E-state index in [9.17, 15) is 0 Å². The Kier molecular flexibility index (Phi) is 6.32. The van der Waals surface area contributed by atoms with E-state index in [2.05, 4.69) is 28.1 Å². The van der Waals surface area contributed by atoms with Gasteiger partial charge in [-0.25, -0.2) is 0 Å². The van der Waals surface area contributed by atoms with Crippen molar-refractivity contribution in [3.05, 3.63) is 28.2 Å². The van der Waals surface area contributed by atoms with Crippen LogP contribution in [0.1, 0.15) is 12.0 Å². The number of methoxy groups -OCH3 is 1. The fourth-order valence-electron chi connectivity index (χ4n) is 1.22. The fraction of sp³-hybridized carbons (Fsp3) is 0.455. The number of ether oxygens (including phenoxy) is 1. The van der Waals surface area contributed by atoms with Crippen LogP contribution in [-0.2, 0) is 11.3 Å². The van der Waals surface area contributed by atoms with Crippen LogP contribution in [0.15, 0.2) is 27.6 Å². The zero-order valence-electron chi connectivity index (χ0n) is 8.83. The predicted molar refractivity (Wildman–Crippen MR) is 69.3 cm³/mol. The number of rotatable bonds is 6. The van der Waals surface area contributed by atoms with Gasteiger partial charge in [0.1, 0.15) is 0 Å². The van der Waals surface area contributed by atoms with Gasteiger partial charge < -0.3 is 10.5 Å². The summed E-state index contributed by atoms with van der Waals surface area (Å²) in [6.07, 6.45) is 1.07. The van der Waals surface area contributed by atoms with Crippen LogP contribution in [0.5, 0.6) is 0 Å². The second kappa shape index (κ2) is 7.28. The second-order valence-corrected chi connectivity index (χ2v) is 5.20. The van der Waals surface area contributed by atoms with Crippen LogP contribution in [0.3, 0.4) is 0 Å². The van der Waals surface area contributed by atoms with E-state index in [0.717, 1.165) is 23.3 Å². The summed E-state index contributed by atoms with van der Waals surface area (Å²) in [7, 11) is 1.73. The summed E-state index contributed by atoms with van der Waals surface area (Å²) >= 11 is 5.31. The minimum Gasteiger partial charge on any atom is -0.385 e. The highest BCUT2D eigenvalue weighted by molar-refractivity contribution is 9.10. The molecule has 0 saturated heterocycles. The van der Waals surface area contributed by atoms with E-state index >= 15 is 0 Å². The summed E-state index contributed by atoms with van der Waals surface area (Å²) in [6.45, 7) is 1.42. The SMILES string of the molecule is COCCCSc1cc(Br)ccc1CN. The van der Waals surface area contributed by atoms with Crippen molar-refractivity contribution >= 4 is 27.7 Å². The van der Waals surface area contributed by atoms with Gasteiger partial charge in [0.05, 0.1) is 0 Å². The third kappa shape index (κ3) is 4.55. The van der Waals surface area contributed by atoms with Crippen molar-refractivity contribution in [1.29, 1.82) is 0 Å². The molecular formula is C11H16BrNOS. The number of hydrogen-bond donors (Lipinski definition) is 1. The first kappa shape index (κ1) is 13.0. The highest BCUT2D eigenvalue weighted by Gasteiger charge is 2.02. The van der Waals surface area contributed by atoms with Gasteiger partial charge in [-0.05, 0) is 24.1 Å². The van der Waals surface area contributed by atoms with Crippen LogP contribution < -0.4 is 5.73 Å². The Hall–Kier alpha value is -0.0300. The molecule has 1 rings (SSSR count). The monoisotopic (exact) mass is 289 g/mol. The molecule has 0 radical (unpaired) electrons. The van der Waals surface area contributed by atoms with E-state index in [1.54, 1.807) is 7.11 Å². The van der Waals surface area contributed by atoms with Gasteiger partial charge in [-0.2, -0.15) is 0 Å². The zero-order valence-corrected chi connectivity index (χ0v) is 11.2. The van der Waals surface area contributed by atoms with E-state index in [1.165, 1.54) is 10.5 Å². The topological polar surface area (TPSA) is 35.2 Å². The molecule has 84 valence electrons. The molecule has 0 aromatic heterocycles. The molecule has 0 heterocycles. The maximum Gasteiger partial charge on any atom is 0.0470 e. The van der Waals surface area contributed by atoms with Gasteiger partial charge in [0.15, 0.2) is 0 Å². The van der Waals surface area contributed by atoms with Gasteiger partial charge in [-0.15, -0.1) is 11.8 Å². The van der Waals surface area contributed by atoms with E-state index in [-0.39, 0.29) is 0 Å². The molecule has 0 bridgehead atoms. The number of nitrogens with two attached hydrogens (primary N) is 1. The van der Waals surface area contributed by atoms with Crippen molar-refractivity contribution in [2.24, 2.45) is 5.73 Å². The summed E-state index contributed by atoms with van der Waals surface area (Å²) < 4.78 is 6.12. The first-order valence-electron chi connectivity index (χ1n) is 4.88. The summed E-state index contributed by atoms with van der Waals surface area (Å²) in [5, 5.41) is 0. The van der Waals surface area contributed by atoms with Crippen LogP contribution in [0, 0.1) is 0 Å². The third-order valence-electron chi connectivity index (χ3n) is 2.00. The quantitative estimate of drug-likeness (QED) is 0.646. The first-order valence-corrected chi connectivity index (χ1v) is 6.66. The van der Waals surface area contributed by atoms with Crippen molar-refractivity contribution < 1.29 is 4.74 Å².